The molecule has 6 atom stereocenters. The van der Waals surface area contributed by atoms with Gasteiger partial charge in [-0.05, 0) is 6.07 Å². The van der Waals surface area contributed by atoms with Gasteiger partial charge < -0.3 is 34.8 Å². The van der Waals surface area contributed by atoms with Crippen LogP contribution in [0.4, 0.5) is 10.2 Å². The van der Waals surface area contributed by atoms with Crippen LogP contribution in [0, 0.1) is 0 Å². The molecule has 2 unspecified atom stereocenters. The van der Waals surface area contributed by atoms with E-state index in [0.717, 1.165) is 10.8 Å². The van der Waals surface area contributed by atoms with Gasteiger partial charge in [-0.15, -0.1) is 0 Å². The van der Waals surface area contributed by atoms with Crippen LogP contribution < -0.4 is 11.4 Å². The third-order valence-corrected chi connectivity index (χ3v) is 7.74. The molecular formula is C10H15FN3O13P3. The number of nitrogens with zero attached hydrogens (tertiary/aromatic N) is 2. The molecule has 0 saturated carbocycles. The zero-order valence-electron chi connectivity index (χ0n) is 14.5. The molecule has 6 N–H and O–H groups in total. The Labute approximate surface area is 165 Å². The number of aromatic nitrogens is 2. The van der Waals surface area contributed by atoms with E-state index in [-0.39, 0.29) is 12.4 Å². The lowest BCUT2D eigenvalue weighted by molar-refractivity contribution is -0.243. The Balaban J connectivity index is 1.71. The van der Waals surface area contributed by atoms with E-state index in [1.54, 1.807) is 0 Å². The molecule has 2 saturated heterocycles. The lowest BCUT2D eigenvalue weighted by Crippen LogP contribution is -2.60. The van der Waals surface area contributed by atoms with Gasteiger partial charge in [-0.3, -0.25) is 9.09 Å². The number of nitrogen functional groups attached to an aromatic ring is 1. The van der Waals surface area contributed by atoms with Gasteiger partial charge in [0.15, 0.2) is 12.4 Å². The summed E-state index contributed by atoms with van der Waals surface area (Å²) < 4.78 is 71.4. The number of alkyl halides is 1. The summed E-state index contributed by atoms with van der Waals surface area (Å²) in [5.74, 6) is -0.119. The summed E-state index contributed by atoms with van der Waals surface area (Å²) in [4.78, 5) is 51.0. The number of fused-ring (bicyclic) bond motifs is 1. The Morgan fingerprint density at radius 2 is 1.93 bits per heavy atom. The average Bonchev–Trinajstić information content (AvgIpc) is 2.69. The first-order chi connectivity index (χ1) is 13.6. The fourth-order valence-electron chi connectivity index (χ4n) is 2.79. The molecule has 30 heavy (non-hydrogen) atoms. The van der Waals surface area contributed by atoms with Crippen LogP contribution >= 0.6 is 23.5 Å². The van der Waals surface area contributed by atoms with Crippen molar-refractivity contribution in [3.63, 3.8) is 0 Å². The van der Waals surface area contributed by atoms with E-state index in [4.69, 9.17) is 29.9 Å². The summed E-state index contributed by atoms with van der Waals surface area (Å²) in [5, 5.41) is 0. The number of halogens is 1. The molecular weight excluding hydrogens is 482 g/mol. The van der Waals surface area contributed by atoms with Crippen molar-refractivity contribution in [2.75, 3.05) is 18.9 Å². The molecule has 16 nitrogen and oxygen atoms in total. The van der Waals surface area contributed by atoms with Gasteiger partial charge in [0.25, 0.3) is 0 Å². The summed E-state index contributed by atoms with van der Waals surface area (Å²) in [6, 6.07) is 1.21. The van der Waals surface area contributed by atoms with Crippen LogP contribution in [-0.2, 0) is 36.3 Å². The van der Waals surface area contributed by atoms with Crippen LogP contribution in [0.1, 0.15) is 6.23 Å². The maximum atomic E-state index is 14.7. The Morgan fingerprint density at radius 1 is 1.27 bits per heavy atom. The average molecular weight is 497 g/mol. The van der Waals surface area contributed by atoms with Gasteiger partial charge in [0.05, 0.1) is 13.2 Å². The number of hydrogen-bond acceptors (Lipinski definition) is 11. The number of phosphoric acid groups is 3. The first-order valence-corrected chi connectivity index (χ1v) is 12.2. The second kappa shape index (κ2) is 7.81. The molecule has 1 aromatic rings. The van der Waals surface area contributed by atoms with E-state index in [2.05, 4.69) is 18.1 Å². The van der Waals surface area contributed by atoms with Gasteiger partial charge >= 0.3 is 29.2 Å². The molecule has 0 aliphatic carbocycles. The second-order valence-corrected chi connectivity index (χ2v) is 10.6. The molecule has 0 spiro atoms. The molecule has 3 rings (SSSR count). The van der Waals surface area contributed by atoms with E-state index >= 15 is 0 Å². The van der Waals surface area contributed by atoms with Crippen molar-refractivity contribution >= 4 is 29.3 Å². The van der Waals surface area contributed by atoms with Crippen molar-refractivity contribution in [3.8, 4) is 0 Å². The SMILES string of the molecule is Nc1ccn([C@@H]2O[C@@]3(COP(=O)(O)OP(=O)(O)OP(=O)(O)O)CO[C@H]3[C@@H]2F)c(=O)n1. The van der Waals surface area contributed by atoms with Gasteiger partial charge in [0.1, 0.15) is 17.5 Å². The standard InChI is InChI=1S/C10H15FN3O13P3/c11-6-7-10(3-23-7,25-8(6)14-2-1-5(12)13-9(14)15)4-24-29(19,20)27-30(21,22)26-28(16,17)18/h1-2,6-8H,3-4H2,(H,19,20)(H,21,22)(H2,12,13,15)(H2,16,17,18)/t6-,7-,8+,10+/m0/s1. The Hall–Kier alpha value is -1.06. The quantitative estimate of drug-likeness (QED) is 0.276. The topological polar surface area (TPSA) is 239 Å². The maximum absolute atomic E-state index is 14.7. The first-order valence-electron chi connectivity index (χ1n) is 7.70. The minimum Gasteiger partial charge on any atom is -0.383 e. The van der Waals surface area contributed by atoms with E-state index in [1.807, 2.05) is 0 Å². The van der Waals surface area contributed by atoms with E-state index in [9.17, 15) is 27.8 Å². The lowest BCUT2D eigenvalue weighted by Gasteiger charge is -2.42. The number of phosphoric ester groups is 1. The highest BCUT2D eigenvalue weighted by Gasteiger charge is 2.64. The predicted molar refractivity (Wildman–Crippen MR) is 90.2 cm³/mol. The molecule has 1 aromatic heterocycles. The van der Waals surface area contributed by atoms with Crippen LogP contribution in [0.25, 0.3) is 0 Å². The van der Waals surface area contributed by atoms with Crippen molar-refractivity contribution in [1.29, 1.82) is 0 Å². The smallest absolute Gasteiger partial charge is 0.383 e. The highest BCUT2D eigenvalue weighted by molar-refractivity contribution is 7.66. The molecule has 170 valence electrons. The molecule has 2 aliphatic rings. The molecule has 0 amide bonds. The minimum absolute atomic E-state index is 0.119. The number of ether oxygens (including phenoxy) is 2. The van der Waals surface area contributed by atoms with Crippen LogP contribution in [0.3, 0.4) is 0 Å². The monoisotopic (exact) mass is 497 g/mol. The first kappa shape index (κ1) is 23.6. The van der Waals surface area contributed by atoms with Gasteiger partial charge in [-0.25, -0.2) is 22.9 Å². The largest absolute Gasteiger partial charge is 0.490 e. The second-order valence-electron chi connectivity index (χ2n) is 6.16. The van der Waals surface area contributed by atoms with Crippen molar-refractivity contribution in [2.45, 2.75) is 24.1 Å². The maximum Gasteiger partial charge on any atom is 0.490 e. The summed E-state index contributed by atoms with van der Waals surface area (Å²) in [6.45, 7) is -1.27. The minimum atomic E-state index is -5.71. The molecule has 3 heterocycles. The zero-order chi connectivity index (χ0) is 22.5. The number of hydrogen-bond donors (Lipinski definition) is 5. The van der Waals surface area contributed by atoms with Crippen molar-refractivity contribution in [3.05, 3.63) is 22.7 Å². The number of rotatable bonds is 8. The van der Waals surface area contributed by atoms with E-state index in [1.165, 1.54) is 6.07 Å². The van der Waals surface area contributed by atoms with Crippen LogP contribution in [-0.4, -0.2) is 60.2 Å². The normalized spacial score (nSPS) is 32.6. The molecule has 0 bridgehead atoms. The zero-order valence-corrected chi connectivity index (χ0v) is 17.1. The van der Waals surface area contributed by atoms with Crippen LogP contribution in [0.2, 0.25) is 0 Å². The van der Waals surface area contributed by atoms with Crippen molar-refractivity contribution in [2.24, 2.45) is 0 Å². The number of nitrogens with two attached hydrogens (primary N) is 1. The summed E-state index contributed by atoms with van der Waals surface area (Å²) in [7, 11) is -16.7. The highest BCUT2D eigenvalue weighted by atomic mass is 31.3. The molecule has 0 aromatic carbocycles. The highest BCUT2D eigenvalue weighted by Crippen LogP contribution is 2.66. The van der Waals surface area contributed by atoms with Gasteiger partial charge in [0, 0.05) is 6.20 Å². The van der Waals surface area contributed by atoms with Crippen LogP contribution in [0.5, 0.6) is 0 Å². The molecule has 20 heteroatoms. The van der Waals surface area contributed by atoms with E-state index < -0.39 is 59.9 Å². The number of anilines is 1. The van der Waals surface area contributed by atoms with Crippen LogP contribution in [0.15, 0.2) is 17.1 Å². The van der Waals surface area contributed by atoms with Crippen molar-refractivity contribution < 1.29 is 60.3 Å². The fourth-order valence-corrected chi connectivity index (χ4v) is 5.86. The third-order valence-electron chi connectivity index (χ3n) is 3.96. The Bertz CT molecular complexity index is 1030. The van der Waals surface area contributed by atoms with Crippen molar-refractivity contribution in [1.82, 2.24) is 9.55 Å². The predicted octanol–water partition coefficient (Wildman–Crippen LogP) is -0.827. The summed E-state index contributed by atoms with van der Waals surface area (Å²) >= 11 is 0. The molecule has 2 aliphatic heterocycles. The summed E-state index contributed by atoms with van der Waals surface area (Å²) in [5.41, 5.74) is 2.74. The van der Waals surface area contributed by atoms with Gasteiger partial charge in [0.2, 0.25) is 0 Å². The Morgan fingerprint density at radius 3 is 2.47 bits per heavy atom. The lowest BCUT2D eigenvalue weighted by atomic mass is 9.92. The van der Waals surface area contributed by atoms with Gasteiger partial charge in [-0.2, -0.15) is 13.6 Å². The van der Waals surface area contributed by atoms with E-state index in [0.29, 0.717) is 0 Å². The Kier molecular flexibility index (Phi) is 6.15. The van der Waals surface area contributed by atoms with Gasteiger partial charge in [-0.1, -0.05) is 0 Å². The fraction of sp³-hybridized carbons (Fsp3) is 0.600. The molecule has 0 radical (unpaired) electrons. The third kappa shape index (κ3) is 5.05. The molecule has 2 fully saturated rings. The summed E-state index contributed by atoms with van der Waals surface area (Å²) in [6.07, 6.45) is -3.73.